The van der Waals surface area contributed by atoms with Crippen molar-refractivity contribution in [3.8, 4) is 5.75 Å². The molecule has 6 heteroatoms. The van der Waals surface area contributed by atoms with Gasteiger partial charge in [0.1, 0.15) is 23.6 Å². The Kier molecular flexibility index (Phi) is 5.43. The van der Waals surface area contributed by atoms with Crippen LogP contribution in [-0.2, 0) is 6.54 Å². The Morgan fingerprint density at radius 3 is 2.65 bits per heavy atom. The first kappa shape index (κ1) is 17.4. The van der Waals surface area contributed by atoms with E-state index in [1.54, 1.807) is 13.2 Å². The number of anilines is 2. The predicted molar refractivity (Wildman–Crippen MR) is 101 cm³/mol. The lowest BCUT2D eigenvalue weighted by Crippen LogP contribution is -2.15. The van der Waals surface area contributed by atoms with Gasteiger partial charge < -0.3 is 15.4 Å². The molecule has 0 aliphatic heterocycles. The summed E-state index contributed by atoms with van der Waals surface area (Å²) in [5.41, 5.74) is 3.03. The van der Waals surface area contributed by atoms with Gasteiger partial charge in [-0.25, -0.2) is 9.97 Å². The Balaban J connectivity index is 1.71. The lowest BCUT2D eigenvalue weighted by atomic mass is 10.2. The minimum absolute atomic E-state index is 0.277. The molecule has 0 fully saturated rings. The van der Waals surface area contributed by atoms with Crippen molar-refractivity contribution in [2.24, 2.45) is 0 Å². The lowest BCUT2D eigenvalue weighted by Gasteiger charge is -2.11. The Morgan fingerprint density at radius 1 is 1.08 bits per heavy atom. The predicted octanol–water partition coefficient (Wildman–Crippen LogP) is 3.66. The van der Waals surface area contributed by atoms with E-state index in [1.807, 2.05) is 55.5 Å². The molecule has 0 bridgehead atoms. The van der Waals surface area contributed by atoms with E-state index in [4.69, 9.17) is 4.74 Å². The maximum absolute atomic E-state index is 12.5. The maximum Gasteiger partial charge on any atom is 0.274 e. The Labute approximate surface area is 152 Å². The topological polar surface area (TPSA) is 76.1 Å². The molecule has 1 heterocycles. The molecule has 0 aliphatic carbocycles. The summed E-state index contributed by atoms with van der Waals surface area (Å²) >= 11 is 0. The smallest absolute Gasteiger partial charge is 0.274 e. The highest BCUT2D eigenvalue weighted by atomic mass is 16.5. The number of hydrogen-bond acceptors (Lipinski definition) is 5. The number of aryl methyl sites for hydroxylation is 1. The van der Waals surface area contributed by atoms with Crippen LogP contribution < -0.4 is 15.4 Å². The van der Waals surface area contributed by atoms with Gasteiger partial charge in [-0.05, 0) is 30.2 Å². The van der Waals surface area contributed by atoms with Gasteiger partial charge in [0.25, 0.3) is 5.91 Å². The van der Waals surface area contributed by atoms with Crippen LogP contribution in [0, 0.1) is 6.92 Å². The summed E-state index contributed by atoms with van der Waals surface area (Å²) < 4.78 is 5.29. The summed E-state index contributed by atoms with van der Waals surface area (Å²) in [7, 11) is 1.57. The zero-order chi connectivity index (χ0) is 18.4. The van der Waals surface area contributed by atoms with Gasteiger partial charge >= 0.3 is 0 Å². The van der Waals surface area contributed by atoms with Gasteiger partial charge in [0.15, 0.2) is 0 Å². The molecule has 132 valence electrons. The lowest BCUT2D eigenvalue weighted by molar-refractivity contribution is 0.102. The Morgan fingerprint density at radius 2 is 1.88 bits per heavy atom. The van der Waals surface area contributed by atoms with E-state index in [2.05, 4.69) is 20.6 Å². The molecular weight excluding hydrogens is 328 g/mol. The zero-order valence-electron chi connectivity index (χ0n) is 14.7. The third-order valence-corrected chi connectivity index (χ3v) is 3.82. The molecule has 0 atom stereocenters. The number of amides is 1. The molecule has 3 rings (SSSR count). The van der Waals surface area contributed by atoms with Gasteiger partial charge in [-0.3, -0.25) is 4.79 Å². The largest absolute Gasteiger partial charge is 0.495 e. The van der Waals surface area contributed by atoms with Crippen molar-refractivity contribution in [3.05, 3.63) is 77.7 Å². The molecule has 1 amide bonds. The summed E-state index contributed by atoms with van der Waals surface area (Å²) in [6.45, 7) is 2.57. The van der Waals surface area contributed by atoms with Gasteiger partial charge in [-0.2, -0.15) is 0 Å². The second-order valence-electron chi connectivity index (χ2n) is 5.79. The third kappa shape index (κ3) is 4.36. The van der Waals surface area contributed by atoms with Crippen LogP contribution in [0.15, 0.2) is 60.9 Å². The van der Waals surface area contributed by atoms with E-state index < -0.39 is 0 Å². The number of carbonyl (C=O) groups excluding carboxylic acids is 1. The molecule has 0 unspecified atom stereocenters. The van der Waals surface area contributed by atoms with Crippen LogP contribution in [0.1, 0.15) is 21.6 Å². The van der Waals surface area contributed by atoms with Crippen LogP contribution in [0.3, 0.4) is 0 Å². The highest BCUT2D eigenvalue weighted by Gasteiger charge is 2.12. The first-order chi connectivity index (χ1) is 12.7. The average Bonchev–Trinajstić information content (AvgIpc) is 2.67. The number of carbonyl (C=O) groups is 1. The summed E-state index contributed by atoms with van der Waals surface area (Å²) in [5.74, 6) is 0.865. The highest BCUT2D eigenvalue weighted by molar-refractivity contribution is 6.04. The normalized spacial score (nSPS) is 10.2. The summed E-state index contributed by atoms with van der Waals surface area (Å²) in [5, 5.41) is 6.03. The quantitative estimate of drug-likeness (QED) is 0.711. The number of nitrogens with zero attached hydrogens (tertiary/aromatic N) is 2. The van der Waals surface area contributed by atoms with Crippen molar-refractivity contribution in [1.82, 2.24) is 9.97 Å². The Hall–Kier alpha value is -3.41. The fourth-order valence-electron chi connectivity index (χ4n) is 2.47. The van der Waals surface area contributed by atoms with E-state index in [-0.39, 0.29) is 11.6 Å². The molecule has 0 saturated heterocycles. The highest BCUT2D eigenvalue weighted by Crippen LogP contribution is 2.25. The minimum Gasteiger partial charge on any atom is -0.495 e. The van der Waals surface area contributed by atoms with Crippen molar-refractivity contribution in [3.63, 3.8) is 0 Å². The van der Waals surface area contributed by atoms with E-state index in [0.29, 0.717) is 23.8 Å². The van der Waals surface area contributed by atoms with E-state index in [9.17, 15) is 4.79 Å². The van der Waals surface area contributed by atoms with Gasteiger partial charge in [-0.15, -0.1) is 0 Å². The molecule has 0 radical (unpaired) electrons. The van der Waals surface area contributed by atoms with Crippen LogP contribution in [0.25, 0.3) is 0 Å². The summed E-state index contributed by atoms with van der Waals surface area (Å²) in [6, 6.07) is 17.2. The van der Waals surface area contributed by atoms with Crippen LogP contribution in [0.5, 0.6) is 5.75 Å². The minimum atomic E-state index is -0.320. The van der Waals surface area contributed by atoms with Crippen LogP contribution in [0.4, 0.5) is 11.5 Å². The monoisotopic (exact) mass is 348 g/mol. The van der Waals surface area contributed by atoms with Crippen molar-refractivity contribution in [2.75, 3.05) is 17.7 Å². The second-order valence-corrected chi connectivity index (χ2v) is 5.79. The molecule has 3 aromatic rings. The van der Waals surface area contributed by atoms with Crippen molar-refractivity contribution < 1.29 is 9.53 Å². The van der Waals surface area contributed by atoms with E-state index in [1.165, 1.54) is 6.33 Å². The molecule has 0 aliphatic rings. The van der Waals surface area contributed by atoms with E-state index >= 15 is 0 Å². The standard InChI is InChI=1S/C20H20N4O2/c1-14-8-9-18(26-2)16(10-14)24-20(25)17-11-19(23-13-22-17)21-12-15-6-4-3-5-7-15/h3-11,13H,12H2,1-2H3,(H,24,25)(H,21,22,23). The molecule has 2 aromatic carbocycles. The molecule has 26 heavy (non-hydrogen) atoms. The summed E-state index contributed by atoms with van der Waals surface area (Å²) in [4.78, 5) is 20.8. The van der Waals surface area contributed by atoms with Gasteiger partial charge in [0.2, 0.25) is 0 Å². The zero-order valence-corrected chi connectivity index (χ0v) is 14.7. The van der Waals surface area contributed by atoms with E-state index in [0.717, 1.165) is 11.1 Å². The van der Waals surface area contributed by atoms with Crippen molar-refractivity contribution >= 4 is 17.4 Å². The molecule has 2 N–H and O–H groups in total. The number of benzene rings is 2. The van der Waals surface area contributed by atoms with Crippen molar-refractivity contribution in [1.29, 1.82) is 0 Å². The molecular formula is C20H20N4O2. The molecule has 1 aromatic heterocycles. The van der Waals surface area contributed by atoms with Crippen molar-refractivity contribution in [2.45, 2.75) is 13.5 Å². The maximum atomic E-state index is 12.5. The van der Waals surface area contributed by atoms with Crippen LogP contribution in [-0.4, -0.2) is 23.0 Å². The third-order valence-electron chi connectivity index (χ3n) is 3.82. The van der Waals surface area contributed by atoms with Crippen LogP contribution in [0.2, 0.25) is 0 Å². The van der Waals surface area contributed by atoms with Crippen LogP contribution >= 0.6 is 0 Å². The second kappa shape index (κ2) is 8.11. The molecule has 6 nitrogen and oxygen atoms in total. The SMILES string of the molecule is COc1ccc(C)cc1NC(=O)c1cc(NCc2ccccc2)ncn1. The fourth-order valence-corrected chi connectivity index (χ4v) is 2.47. The number of hydrogen-bond donors (Lipinski definition) is 2. The summed E-state index contributed by atoms with van der Waals surface area (Å²) in [6.07, 6.45) is 1.37. The molecule has 0 spiro atoms. The van der Waals surface area contributed by atoms with Gasteiger partial charge in [-0.1, -0.05) is 36.4 Å². The number of ether oxygens (including phenoxy) is 1. The van der Waals surface area contributed by atoms with Gasteiger partial charge in [0, 0.05) is 12.6 Å². The first-order valence-electron chi connectivity index (χ1n) is 8.21. The molecule has 0 saturated carbocycles. The van der Waals surface area contributed by atoms with Gasteiger partial charge in [0.05, 0.1) is 12.8 Å². The number of nitrogens with one attached hydrogen (secondary N) is 2. The number of methoxy groups -OCH3 is 1. The number of rotatable bonds is 6. The first-order valence-corrected chi connectivity index (χ1v) is 8.21. The average molecular weight is 348 g/mol. The Bertz CT molecular complexity index is 897. The number of aromatic nitrogens is 2. The fraction of sp³-hybridized carbons (Fsp3) is 0.150.